The van der Waals surface area contributed by atoms with E-state index in [1.54, 1.807) is 4.72 Å². The summed E-state index contributed by atoms with van der Waals surface area (Å²) in [5.74, 6) is -1.57. The molecule has 9 nitrogen and oxygen atoms in total. The van der Waals surface area contributed by atoms with E-state index >= 15 is 0 Å². The largest absolute Gasteiger partial charge is 0.480 e. The molecule has 1 atom stereocenters. The first kappa shape index (κ1) is 16.3. The van der Waals surface area contributed by atoms with Crippen molar-refractivity contribution in [3.05, 3.63) is 33.3 Å². The predicted molar refractivity (Wildman–Crippen MR) is 66.9 cm³/mol. The van der Waals surface area contributed by atoms with Crippen LogP contribution in [0.2, 0.25) is 5.02 Å². The number of non-ortho nitro benzene ring substituents is 1. The van der Waals surface area contributed by atoms with Gasteiger partial charge in [0.2, 0.25) is 10.0 Å². The highest BCUT2D eigenvalue weighted by Crippen LogP contribution is 2.26. The van der Waals surface area contributed by atoms with Crippen molar-refractivity contribution in [2.45, 2.75) is 10.9 Å². The summed E-state index contributed by atoms with van der Waals surface area (Å²) in [6, 6.07) is 0.866. The van der Waals surface area contributed by atoms with Crippen LogP contribution in [0.25, 0.3) is 0 Å². The lowest BCUT2D eigenvalue weighted by Crippen LogP contribution is -2.43. The Hall–Kier alpha value is -1.75. The molecule has 0 aliphatic heterocycles. The first-order valence-electron chi connectivity index (χ1n) is 4.99. The minimum atomic E-state index is -4.34. The third-order valence-electron chi connectivity index (χ3n) is 2.19. The smallest absolute Gasteiger partial charge is 0.324 e. The van der Waals surface area contributed by atoms with Crippen molar-refractivity contribution < 1.29 is 28.3 Å². The molecule has 0 aliphatic rings. The van der Waals surface area contributed by atoms with Gasteiger partial charge in [-0.3, -0.25) is 14.9 Å². The Morgan fingerprint density at radius 3 is 2.50 bits per heavy atom. The molecule has 0 bridgehead atoms. The molecule has 1 aromatic rings. The maximum atomic E-state index is 11.9. The first-order valence-corrected chi connectivity index (χ1v) is 6.85. The van der Waals surface area contributed by atoms with Gasteiger partial charge in [-0.1, -0.05) is 11.6 Å². The minimum Gasteiger partial charge on any atom is -0.480 e. The lowest BCUT2D eigenvalue weighted by atomic mass is 10.3. The molecule has 20 heavy (non-hydrogen) atoms. The number of aliphatic hydroxyl groups excluding tert-OH is 1. The first-order chi connectivity index (χ1) is 9.19. The third kappa shape index (κ3) is 3.63. The summed E-state index contributed by atoms with van der Waals surface area (Å²) in [5.41, 5.74) is -0.411. The van der Waals surface area contributed by atoms with Crippen LogP contribution in [-0.2, 0) is 14.8 Å². The molecule has 0 heterocycles. The fourth-order valence-electron chi connectivity index (χ4n) is 1.24. The Labute approximate surface area is 118 Å². The number of nitrogens with zero attached hydrogens (tertiary/aromatic N) is 1. The average molecular weight is 325 g/mol. The number of hydrogen-bond acceptors (Lipinski definition) is 6. The summed E-state index contributed by atoms with van der Waals surface area (Å²) >= 11 is 5.63. The number of halogens is 1. The van der Waals surface area contributed by atoms with Crippen molar-refractivity contribution in [3.63, 3.8) is 0 Å². The van der Waals surface area contributed by atoms with E-state index < -0.39 is 49.2 Å². The molecular formula is C9H9ClN2O7S. The van der Waals surface area contributed by atoms with Gasteiger partial charge in [-0.2, -0.15) is 4.72 Å². The van der Waals surface area contributed by atoms with Crippen LogP contribution in [0, 0.1) is 10.1 Å². The van der Waals surface area contributed by atoms with E-state index in [9.17, 15) is 23.3 Å². The van der Waals surface area contributed by atoms with Gasteiger partial charge in [0.05, 0.1) is 16.6 Å². The van der Waals surface area contributed by atoms with Crippen molar-refractivity contribution in [1.29, 1.82) is 0 Å². The Morgan fingerprint density at radius 1 is 1.50 bits per heavy atom. The van der Waals surface area contributed by atoms with Gasteiger partial charge in [-0.25, -0.2) is 8.42 Å². The number of benzene rings is 1. The van der Waals surface area contributed by atoms with Gasteiger partial charge in [0, 0.05) is 12.1 Å². The lowest BCUT2D eigenvalue weighted by molar-refractivity contribution is -0.384. The topological polar surface area (TPSA) is 147 Å². The molecule has 11 heteroatoms. The number of nitrogens with one attached hydrogen (secondary N) is 1. The SMILES string of the molecule is O=C(O)C(CO)NS(=O)(=O)c1ccc([N+](=O)[O-])cc1Cl. The normalized spacial score (nSPS) is 12.9. The predicted octanol–water partition coefficient (Wildman–Crippen LogP) is -0.0280. The zero-order valence-electron chi connectivity index (χ0n) is 9.69. The van der Waals surface area contributed by atoms with Gasteiger partial charge in [0.15, 0.2) is 0 Å². The molecule has 0 radical (unpaired) electrons. The highest BCUT2D eigenvalue weighted by atomic mass is 35.5. The lowest BCUT2D eigenvalue weighted by Gasteiger charge is -2.12. The highest BCUT2D eigenvalue weighted by Gasteiger charge is 2.27. The third-order valence-corrected chi connectivity index (χ3v) is 4.15. The van der Waals surface area contributed by atoms with Crippen LogP contribution in [0.1, 0.15) is 0 Å². The number of sulfonamides is 1. The minimum absolute atomic E-state index is 0.411. The van der Waals surface area contributed by atoms with Crippen LogP contribution in [0.4, 0.5) is 5.69 Å². The van der Waals surface area contributed by atoms with Gasteiger partial charge >= 0.3 is 5.97 Å². The maximum absolute atomic E-state index is 11.9. The molecule has 0 aromatic heterocycles. The number of aliphatic carboxylic acids is 1. The number of nitro benzene ring substituents is 1. The number of nitro groups is 1. The van der Waals surface area contributed by atoms with E-state index in [-0.39, 0.29) is 0 Å². The second-order valence-corrected chi connectivity index (χ2v) is 5.66. The molecule has 1 rings (SSSR count). The van der Waals surface area contributed by atoms with Crippen LogP contribution < -0.4 is 4.72 Å². The molecule has 0 aliphatic carbocycles. The van der Waals surface area contributed by atoms with E-state index in [2.05, 4.69) is 0 Å². The summed E-state index contributed by atoms with van der Waals surface area (Å²) in [6.45, 7) is -0.959. The number of carbonyl (C=O) groups is 1. The van der Waals surface area contributed by atoms with Crippen molar-refractivity contribution >= 4 is 33.3 Å². The number of hydrogen-bond donors (Lipinski definition) is 3. The fourth-order valence-corrected chi connectivity index (χ4v) is 2.96. The maximum Gasteiger partial charge on any atom is 0.324 e. The summed E-state index contributed by atoms with van der Waals surface area (Å²) < 4.78 is 25.5. The monoisotopic (exact) mass is 324 g/mol. The fraction of sp³-hybridized carbons (Fsp3) is 0.222. The quantitative estimate of drug-likeness (QED) is 0.491. The van der Waals surface area contributed by atoms with Crippen LogP contribution in [0.15, 0.2) is 23.1 Å². The summed E-state index contributed by atoms with van der Waals surface area (Å²) in [5, 5.41) is 27.5. The van der Waals surface area contributed by atoms with Gasteiger partial charge in [-0.05, 0) is 6.07 Å². The van der Waals surface area contributed by atoms with Gasteiger partial charge in [-0.15, -0.1) is 0 Å². The standard InChI is InChI=1S/C9H9ClN2O7S/c10-6-3-5(12(16)17)1-2-8(6)20(18,19)11-7(4-13)9(14)15/h1-3,7,11,13H,4H2,(H,14,15). The molecule has 0 amide bonds. The van der Waals surface area contributed by atoms with E-state index in [1.165, 1.54) is 0 Å². The van der Waals surface area contributed by atoms with E-state index in [4.69, 9.17) is 21.8 Å². The van der Waals surface area contributed by atoms with Crippen LogP contribution in [0.5, 0.6) is 0 Å². The Kier molecular flexibility index (Phi) is 5.00. The average Bonchev–Trinajstić information content (AvgIpc) is 2.35. The molecule has 0 saturated heterocycles. The van der Waals surface area contributed by atoms with Crippen molar-refractivity contribution in [3.8, 4) is 0 Å². The van der Waals surface area contributed by atoms with Crippen molar-refractivity contribution in [1.82, 2.24) is 4.72 Å². The van der Waals surface area contributed by atoms with E-state index in [0.29, 0.717) is 0 Å². The second kappa shape index (κ2) is 6.13. The van der Waals surface area contributed by atoms with E-state index in [1.807, 2.05) is 0 Å². The van der Waals surface area contributed by atoms with Crippen molar-refractivity contribution in [2.24, 2.45) is 0 Å². The molecule has 0 saturated carbocycles. The molecule has 1 unspecified atom stereocenters. The summed E-state index contributed by atoms with van der Waals surface area (Å²) in [7, 11) is -4.34. The van der Waals surface area contributed by atoms with Crippen LogP contribution in [-0.4, -0.2) is 42.2 Å². The highest BCUT2D eigenvalue weighted by molar-refractivity contribution is 7.89. The number of aliphatic hydroxyl groups is 1. The zero-order chi connectivity index (χ0) is 15.5. The van der Waals surface area contributed by atoms with Crippen LogP contribution in [0.3, 0.4) is 0 Å². The molecule has 1 aromatic carbocycles. The Morgan fingerprint density at radius 2 is 2.10 bits per heavy atom. The Bertz CT molecular complexity index is 646. The van der Waals surface area contributed by atoms with Crippen LogP contribution >= 0.6 is 11.6 Å². The Balaban J connectivity index is 3.16. The number of carboxylic acid groups (broad SMARTS) is 1. The molecular weight excluding hydrogens is 316 g/mol. The zero-order valence-corrected chi connectivity index (χ0v) is 11.3. The molecule has 0 fully saturated rings. The molecule has 3 N–H and O–H groups in total. The van der Waals surface area contributed by atoms with Crippen molar-refractivity contribution in [2.75, 3.05) is 6.61 Å². The summed E-state index contributed by atoms with van der Waals surface area (Å²) in [4.78, 5) is 19.9. The number of rotatable bonds is 6. The van der Waals surface area contributed by atoms with Gasteiger partial charge in [0.25, 0.3) is 5.69 Å². The van der Waals surface area contributed by atoms with E-state index in [0.717, 1.165) is 18.2 Å². The molecule has 0 spiro atoms. The van der Waals surface area contributed by atoms with Gasteiger partial charge < -0.3 is 10.2 Å². The number of carboxylic acids is 1. The molecule has 110 valence electrons. The van der Waals surface area contributed by atoms with Gasteiger partial charge in [0.1, 0.15) is 10.9 Å². The summed E-state index contributed by atoms with van der Waals surface area (Å²) in [6.07, 6.45) is 0. The second-order valence-electron chi connectivity index (χ2n) is 3.57.